The van der Waals surface area contributed by atoms with Crippen LogP contribution in [0.2, 0.25) is 0 Å². The number of hydrogen-bond donors (Lipinski definition) is 0. The largest absolute Gasteiger partial charge is 0.372 e. The average Bonchev–Trinajstić information content (AvgIpc) is 3.21. The molecule has 0 N–H and O–H groups in total. The van der Waals surface area contributed by atoms with E-state index in [4.69, 9.17) is 9.72 Å². The Morgan fingerprint density at radius 2 is 1.97 bits per heavy atom. The molecule has 2 aliphatic rings. The molecular weight excluding hydrogens is 452 g/mol. The monoisotopic (exact) mass is 482 g/mol. The lowest BCUT2D eigenvalue weighted by Crippen LogP contribution is -2.31. The molecule has 5 rings (SSSR count). The highest BCUT2D eigenvalue weighted by atomic mass is 32.2. The number of aromatic nitrogens is 2. The fourth-order valence-electron chi connectivity index (χ4n) is 4.95. The van der Waals surface area contributed by atoms with Crippen LogP contribution in [-0.4, -0.2) is 27.2 Å². The second-order valence-corrected chi connectivity index (χ2v) is 11.4. The summed E-state index contributed by atoms with van der Waals surface area (Å²) >= 11 is 2.98. The van der Waals surface area contributed by atoms with Crippen LogP contribution in [0, 0.1) is 5.92 Å². The van der Waals surface area contributed by atoms with E-state index in [2.05, 4.69) is 13.8 Å². The van der Waals surface area contributed by atoms with E-state index in [1.54, 1.807) is 11.3 Å². The number of hydrogen-bond acceptors (Lipinski definition) is 6. The molecule has 1 aromatic carbocycles. The Labute approximate surface area is 202 Å². The zero-order chi connectivity index (χ0) is 22.9. The number of nitrogens with zero attached hydrogens (tertiary/aromatic N) is 2. The smallest absolute Gasteiger partial charge is 0.263 e. The summed E-state index contributed by atoms with van der Waals surface area (Å²) in [4.78, 5) is 33.6. The van der Waals surface area contributed by atoms with Crippen molar-refractivity contribution in [3.8, 4) is 0 Å². The summed E-state index contributed by atoms with van der Waals surface area (Å²) in [5.74, 6) is 0.738. The molecular formula is C26H30N2O3S2. The molecule has 7 heteroatoms. The minimum absolute atomic E-state index is 0.0591. The number of ketones is 1. The third-order valence-corrected chi connectivity index (χ3v) is 8.91. The van der Waals surface area contributed by atoms with Gasteiger partial charge >= 0.3 is 0 Å². The van der Waals surface area contributed by atoms with Gasteiger partial charge in [0.15, 0.2) is 10.9 Å². The van der Waals surface area contributed by atoms with Crippen molar-refractivity contribution in [3.63, 3.8) is 0 Å². The summed E-state index contributed by atoms with van der Waals surface area (Å²) in [6.07, 6.45) is 6.38. The summed E-state index contributed by atoms with van der Waals surface area (Å²) in [7, 11) is 0. The van der Waals surface area contributed by atoms with E-state index < -0.39 is 0 Å². The third-order valence-electron chi connectivity index (χ3n) is 6.85. The van der Waals surface area contributed by atoms with E-state index in [1.165, 1.54) is 18.2 Å². The van der Waals surface area contributed by atoms with Crippen LogP contribution >= 0.6 is 23.1 Å². The molecule has 33 heavy (non-hydrogen) atoms. The van der Waals surface area contributed by atoms with E-state index in [0.29, 0.717) is 23.2 Å². The van der Waals surface area contributed by atoms with Gasteiger partial charge in [0.25, 0.3) is 5.56 Å². The SMILES string of the molecule is CC(C)[C@@H]1Cc2c(sc3nc(SCC(=O)c4ccccc4)n(C4CCCCC4)c(=O)c23)CO1. The van der Waals surface area contributed by atoms with E-state index in [1.807, 2.05) is 34.9 Å². The lowest BCUT2D eigenvalue weighted by Gasteiger charge is -2.27. The molecule has 1 aliphatic heterocycles. The van der Waals surface area contributed by atoms with Crippen molar-refractivity contribution in [3.05, 3.63) is 56.7 Å². The highest BCUT2D eigenvalue weighted by molar-refractivity contribution is 7.99. The first kappa shape index (κ1) is 22.8. The van der Waals surface area contributed by atoms with Crippen molar-refractivity contribution in [1.29, 1.82) is 0 Å². The maximum Gasteiger partial charge on any atom is 0.263 e. The molecule has 2 aromatic heterocycles. The summed E-state index contributed by atoms with van der Waals surface area (Å²) in [5.41, 5.74) is 1.91. The van der Waals surface area contributed by atoms with Gasteiger partial charge in [-0.1, -0.05) is 75.2 Å². The first-order chi connectivity index (χ1) is 16.0. The molecule has 1 aliphatic carbocycles. The first-order valence-corrected chi connectivity index (χ1v) is 13.7. The number of carbonyl (C=O) groups is 1. The first-order valence-electron chi connectivity index (χ1n) is 11.9. The van der Waals surface area contributed by atoms with Gasteiger partial charge in [-0.15, -0.1) is 11.3 Å². The van der Waals surface area contributed by atoms with Crippen molar-refractivity contribution in [2.75, 3.05) is 5.75 Å². The maximum absolute atomic E-state index is 14.0. The summed E-state index contributed by atoms with van der Waals surface area (Å²) in [6, 6.07) is 9.50. The Kier molecular flexibility index (Phi) is 6.72. The van der Waals surface area contributed by atoms with Gasteiger partial charge < -0.3 is 4.74 Å². The number of thioether (sulfide) groups is 1. The molecule has 0 spiro atoms. The molecule has 0 saturated heterocycles. The van der Waals surface area contributed by atoms with Crippen molar-refractivity contribution in [2.24, 2.45) is 5.92 Å². The quantitative estimate of drug-likeness (QED) is 0.244. The van der Waals surface area contributed by atoms with Crippen molar-refractivity contribution in [2.45, 2.75) is 76.3 Å². The second kappa shape index (κ2) is 9.72. The lowest BCUT2D eigenvalue weighted by molar-refractivity contribution is 0.00200. The van der Waals surface area contributed by atoms with E-state index in [-0.39, 0.29) is 29.2 Å². The van der Waals surface area contributed by atoms with E-state index >= 15 is 0 Å². The Bertz CT molecular complexity index is 1210. The molecule has 1 saturated carbocycles. The molecule has 0 amide bonds. The number of benzene rings is 1. The fourth-order valence-corrected chi connectivity index (χ4v) is 7.07. The van der Waals surface area contributed by atoms with Gasteiger partial charge in [-0.3, -0.25) is 14.2 Å². The molecule has 1 fully saturated rings. The van der Waals surface area contributed by atoms with Crippen LogP contribution in [0.1, 0.15) is 72.8 Å². The third kappa shape index (κ3) is 4.55. The van der Waals surface area contributed by atoms with Crippen LogP contribution in [0.4, 0.5) is 0 Å². The van der Waals surface area contributed by atoms with Gasteiger partial charge in [0.1, 0.15) is 4.83 Å². The molecule has 0 radical (unpaired) electrons. The van der Waals surface area contributed by atoms with Crippen LogP contribution < -0.4 is 5.56 Å². The van der Waals surface area contributed by atoms with E-state index in [9.17, 15) is 9.59 Å². The zero-order valence-electron chi connectivity index (χ0n) is 19.2. The van der Waals surface area contributed by atoms with Crippen LogP contribution in [0.25, 0.3) is 10.2 Å². The van der Waals surface area contributed by atoms with Gasteiger partial charge in [-0.2, -0.15) is 0 Å². The van der Waals surface area contributed by atoms with Crippen LogP contribution in [-0.2, 0) is 17.8 Å². The predicted octanol–water partition coefficient (Wildman–Crippen LogP) is 6.04. The number of ether oxygens (including phenoxy) is 1. The zero-order valence-corrected chi connectivity index (χ0v) is 20.8. The second-order valence-electron chi connectivity index (χ2n) is 9.42. The van der Waals surface area contributed by atoms with Gasteiger partial charge in [-0.25, -0.2) is 4.98 Å². The maximum atomic E-state index is 14.0. The molecule has 3 aromatic rings. The van der Waals surface area contributed by atoms with Gasteiger partial charge in [-0.05, 0) is 24.3 Å². The highest BCUT2D eigenvalue weighted by Crippen LogP contribution is 2.37. The molecule has 0 unspecified atom stereocenters. The standard InChI is InChI=1S/C26H30N2O3S2/c1-16(2)21-13-19-22(14-31-21)33-24-23(19)25(30)28(18-11-7-4-8-12-18)26(27-24)32-15-20(29)17-9-5-3-6-10-17/h3,5-6,9-10,16,18,21H,4,7-8,11-15H2,1-2H3/t21-/m0/s1. The van der Waals surface area contributed by atoms with Gasteiger partial charge in [0.05, 0.1) is 23.8 Å². The molecule has 3 heterocycles. The summed E-state index contributed by atoms with van der Waals surface area (Å²) < 4.78 is 7.99. The van der Waals surface area contributed by atoms with Crippen molar-refractivity contribution in [1.82, 2.24) is 9.55 Å². The van der Waals surface area contributed by atoms with Gasteiger partial charge in [0.2, 0.25) is 0 Å². The number of Topliss-reactive ketones (excluding diaryl/α,β-unsaturated/α-hetero) is 1. The summed E-state index contributed by atoms with van der Waals surface area (Å²) in [5, 5.41) is 1.47. The normalized spacial score (nSPS) is 19.2. The van der Waals surface area contributed by atoms with Crippen LogP contribution in [0.15, 0.2) is 40.3 Å². The summed E-state index contributed by atoms with van der Waals surface area (Å²) in [6.45, 7) is 4.89. The molecule has 1 atom stereocenters. The number of rotatable bonds is 6. The predicted molar refractivity (Wildman–Crippen MR) is 135 cm³/mol. The minimum atomic E-state index is 0.0591. The Balaban J connectivity index is 1.55. The van der Waals surface area contributed by atoms with Crippen molar-refractivity contribution >= 4 is 39.1 Å². The number of fused-ring (bicyclic) bond motifs is 3. The van der Waals surface area contributed by atoms with E-state index in [0.717, 1.165) is 52.8 Å². The minimum Gasteiger partial charge on any atom is -0.372 e. The van der Waals surface area contributed by atoms with Crippen LogP contribution in [0.3, 0.4) is 0 Å². The Morgan fingerprint density at radius 1 is 1.21 bits per heavy atom. The Morgan fingerprint density at radius 3 is 2.70 bits per heavy atom. The lowest BCUT2D eigenvalue weighted by atomic mass is 9.94. The molecule has 0 bridgehead atoms. The Hall–Kier alpha value is -1.96. The van der Waals surface area contributed by atoms with Crippen LogP contribution in [0.5, 0.6) is 0 Å². The fraction of sp³-hybridized carbons (Fsp3) is 0.500. The van der Waals surface area contributed by atoms with Gasteiger partial charge in [0, 0.05) is 22.9 Å². The highest BCUT2D eigenvalue weighted by Gasteiger charge is 2.30. The number of carbonyl (C=O) groups excluding carboxylic acids is 1. The van der Waals surface area contributed by atoms with Crippen molar-refractivity contribution < 1.29 is 9.53 Å². The molecule has 174 valence electrons. The average molecular weight is 483 g/mol. The molecule has 5 nitrogen and oxygen atoms in total. The number of thiophene rings is 1. The topological polar surface area (TPSA) is 61.2 Å².